The fourth-order valence-corrected chi connectivity index (χ4v) is 2.67. The van der Waals surface area contributed by atoms with Gasteiger partial charge in [0.1, 0.15) is 5.78 Å². The first-order valence-corrected chi connectivity index (χ1v) is 7.30. The molecule has 0 aliphatic rings. The molecule has 0 bridgehead atoms. The molecule has 0 unspecified atom stereocenters. The molecular formula is C15H11BrCl2O. The molecule has 0 radical (unpaired) electrons. The van der Waals surface area contributed by atoms with Gasteiger partial charge >= 0.3 is 0 Å². The molecule has 0 aliphatic carbocycles. The SMILES string of the molecule is O=C(Cc1cccc(Br)c1)Cc1cccc(Cl)c1Cl. The van der Waals surface area contributed by atoms with Crippen LogP contribution in [0.3, 0.4) is 0 Å². The number of Topliss-reactive ketones (excluding diaryl/α,β-unsaturated/α-hetero) is 1. The van der Waals surface area contributed by atoms with Gasteiger partial charge in [-0.25, -0.2) is 0 Å². The highest BCUT2D eigenvalue weighted by atomic mass is 79.9. The predicted octanol–water partition coefficient (Wildman–Crippen LogP) is 5.11. The summed E-state index contributed by atoms with van der Waals surface area (Å²) in [4.78, 5) is 12.0. The van der Waals surface area contributed by atoms with Crippen LogP contribution in [0.2, 0.25) is 10.0 Å². The fraction of sp³-hybridized carbons (Fsp3) is 0.133. The lowest BCUT2D eigenvalue weighted by Crippen LogP contribution is -2.07. The maximum absolute atomic E-state index is 12.0. The molecule has 0 saturated heterocycles. The summed E-state index contributed by atoms with van der Waals surface area (Å²) in [7, 11) is 0. The Hall–Kier alpha value is -0.830. The Bertz CT molecular complexity index is 611. The minimum atomic E-state index is 0.113. The number of carbonyl (C=O) groups is 1. The standard InChI is InChI=1S/C15H11BrCl2O/c16-12-5-1-3-10(7-12)8-13(19)9-11-4-2-6-14(17)15(11)18/h1-7H,8-9H2. The van der Waals surface area contributed by atoms with Gasteiger partial charge in [-0.2, -0.15) is 0 Å². The van der Waals surface area contributed by atoms with Crippen molar-refractivity contribution in [2.24, 2.45) is 0 Å². The predicted molar refractivity (Wildman–Crippen MR) is 83.0 cm³/mol. The van der Waals surface area contributed by atoms with Crippen molar-refractivity contribution in [2.45, 2.75) is 12.8 Å². The highest BCUT2D eigenvalue weighted by Crippen LogP contribution is 2.26. The van der Waals surface area contributed by atoms with Crippen LogP contribution in [-0.4, -0.2) is 5.78 Å². The maximum atomic E-state index is 12.0. The quantitative estimate of drug-likeness (QED) is 0.743. The molecule has 0 aliphatic heterocycles. The zero-order valence-electron chi connectivity index (χ0n) is 10.00. The summed E-state index contributed by atoms with van der Waals surface area (Å²) in [6.07, 6.45) is 0.689. The van der Waals surface area contributed by atoms with Gasteiger partial charge in [-0.3, -0.25) is 4.79 Å². The van der Waals surface area contributed by atoms with Crippen LogP contribution < -0.4 is 0 Å². The monoisotopic (exact) mass is 356 g/mol. The van der Waals surface area contributed by atoms with Gasteiger partial charge in [-0.1, -0.05) is 63.4 Å². The topological polar surface area (TPSA) is 17.1 Å². The number of ketones is 1. The van der Waals surface area contributed by atoms with E-state index >= 15 is 0 Å². The van der Waals surface area contributed by atoms with Crippen LogP contribution in [0.15, 0.2) is 46.9 Å². The van der Waals surface area contributed by atoms with Crippen molar-refractivity contribution in [1.82, 2.24) is 0 Å². The van der Waals surface area contributed by atoms with E-state index in [-0.39, 0.29) is 5.78 Å². The lowest BCUT2D eigenvalue weighted by Gasteiger charge is -2.05. The molecule has 2 aromatic carbocycles. The summed E-state index contributed by atoms with van der Waals surface area (Å²) in [6.45, 7) is 0. The second-order valence-corrected chi connectivity index (χ2v) is 5.94. The minimum Gasteiger partial charge on any atom is -0.299 e. The van der Waals surface area contributed by atoms with E-state index in [1.165, 1.54) is 0 Å². The number of halogens is 3. The molecule has 19 heavy (non-hydrogen) atoms. The molecule has 0 amide bonds. The highest BCUT2D eigenvalue weighted by molar-refractivity contribution is 9.10. The Kier molecular flexibility index (Phi) is 5.03. The van der Waals surface area contributed by atoms with E-state index in [9.17, 15) is 4.79 Å². The Labute approximate surface area is 130 Å². The average Bonchev–Trinajstić information content (AvgIpc) is 2.35. The fourth-order valence-electron chi connectivity index (χ4n) is 1.83. The van der Waals surface area contributed by atoms with Gasteiger partial charge in [0.15, 0.2) is 0 Å². The molecule has 0 saturated carbocycles. The normalized spacial score (nSPS) is 10.5. The zero-order valence-corrected chi connectivity index (χ0v) is 13.1. The van der Waals surface area contributed by atoms with Crippen LogP contribution in [0.1, 0.15) is 11.1 Å². The van der Waals surface area contributed by atoms with Gasteiger partial charge in [0.25, 0.3) is 0 Å². The van der Waals surface area contributed by atoms with Gasteiger partial charge in [0.2, 0.25) is 0 Å². The Morgan fingerprint density at radius 2 is 1.79 bits per heavy atom. The molecule has 0 N–H and O–H groups in total. The van der Waals surface area contributed by atoms with E-state index in [4.69, 9.17) is 23.2 Å². The lowest BCUT2D eigenvalue weighted by atomic mass is 10.0. The van der Waals surface area contributed by atoms with Crippen LogP contribution in [0.5, 0.6) is 0 Å². The second kappa shape index (κ2) is 6.56. The van der Waals surface area contributed by atoms with Crippen molar-refractivity contribution in [3.8, 4) is 0 Å². The molecule has 0 fully saturated rings. The van der Waals surface area contributed by atoms with Crippen molar-refractivity contribution >= 4 is 44.9 Å². The first-order valence-electron chi connectivity index (χ1n) is 5.75. The number of rotatable bonds is 4. The largest absolute Gasteiger partial charge is 0.299 e. The molecule has 98 valence electrons. The van der Waals surface area contributed by atoms with Gasteiger partial charge in [0, 0.05) is 17.3 Å². The summed E-state index contributed by atoms with van der Waals surface area (Å²) < 4.78 is 0.971. The van der Waals surface area contributed by atoms with Crippen molar-refractivity contribution < 1.29 is 4.79 Å². The van der Waals surface area contributed by atoms with Crippen molar-refractivity contribution in [3.63, 3.8) is 0 Å². The molecule has 0 heterocycles. The summed E-state index contributed by atoms with van der Waals surface area (Å²) in [6, 6.07) is 13.1. The first-order chi connectivity index (χ1) is 9.06. The third-order valence-corrected chi connectivity index (χ3v) is 4.06. The third-order valence-electron chi connectivity index (χ3n) is 2.71. The number of carbonyl (C=O) groups excluding carboxylic acids is 1. The van der Waals surface area contributed by atoms with Crippen LogP contribution >= 0.6 is 39.1 Å². The van der Waals surface area contributed by atoms with E-state index in [0.29, 0.717) is 22.9 Å². The molecule has 0 spiro atoms. The summed E-state index contributed by atoms with van der Waals surface area (Å²) in [5.41, 5.74) is 1.76. The van der Waals surface area contributed by atoms with Crippen molar-refractivity contribution in [2.75, 3.05) is 0 Å². The van der Waals surface area contributed by atoms with Crippen molar-refractivity contribution in [1.29, 1.82) is 0 Å². The van der Waals surface area contributed by atoms with Crippen LogP contribution in [0.25, 0.3) is 0 Å². The molecule has 0 aromatic heterocycles. The van der Waals surface area contributed by atoms with E-state index in [1.807, 2.05) is 30.3 Å². The first kappa shape index (κ1) is 14.6. The molecule has 4 heteroatoms. The van der Waals surface area contributed by atoms with E-state index in [1.54, 1.807) is 12.1 Å². The Morgan fingerprint density at radius 1 is 1.05 bits per heavy atom. The molecule has 2 aromatic rings. The van der Waals surface area contributed by atoms with Gasteiger partial charge in [-0.05, 0) is 29.3 Å². The molecule has 2 rings (SSSR count). The van der Waals surface area contributed by atoms with E-state index in [2.05, 4.69) is 15.9 Å². The summed E-state index contributed by atoms with van der Waals surface area (Å²) >= 11 is 15.4. The third kappa shape index (κ3) is 4.07. The highest BCUT2D eigenvalue weighted by Gasteiger charge is 2.10. The lowest BCUT2D eigenvalue weighted by molar-refractivity contribution is -0.117. The maximum Gasteiger partial charge on any atom is 0.141 e. The van der Waals surface area contributed by atoms with E-state index in [0.717, 1.165) is 15.6 Å². The summed E-state index contributed by atoms with van der Waals surface area (Å²) in [5, 5.41) is 0.946. The molecule has 0 atom stereocenters. The Morgan fingerprint density at radius 3 is 2.53 bits per heavy atom. The smallest absolute Gasteiger partial charge is 0.141 e. The van der Waals surface area contributed by atoms with Crippen molar-refractivity contribution in [3.05, 3.63) is 68.1 Å². The number of benzene rings is 2. The second-order valence-electron chi connectivity index (χ2n) is 4.24. The Balaban J connectivity index is 2.08. The van der Waals surface area contributed by atoms with Gasteiger partial charge in [0.05, 0.1) is 10.0 Å². The van der Waals surface area contributed by atoms with Gasteiger partial charge < -0.3 is 0 Å². The van der Waals surface area contributed by atoms with E-state index < -0.39 is 0 Å². The van der Waals surface area contributed by atoms with Gasteiger partial charge in [-0.15, -0.1) is 0 Å². The summed E-state index contributed by atoms with van der Waals surface area (Å²) in [5.74, 6) is 0.113. The van der Waals surface area contributed by atoms with Crippen LogP contribution in [0.4, 0.5) is 0 Å². The zero-order chi connectivity index (χ0) is 13.8. The average molecular weight is 358 g/mol. The van der Waals surface area contributed by atoms with Crippen LogP contribution in [0, 0.1) is 0 Å². The number of hydrogen-bond acceptors (Lipinski definition) is 1. The molecule has 1 nitrogen and oxygen atoms in total. The molecular weight excluding hydrogens is 347 g/mol. The number of hydrogen-bond donors (Lipinski definition) is 0. The van der Waals surface area contributed by atoms with Crippen LogP contribution in [-0.2, 0) is 17.6 Å². The minimum absolute atomic E-state index is 0.113.